The van der Waals surface area contributed by atoms with Gasteiger partial charge in [-0.3, -0.25) is 9.67 Å². The van der Waals surface area contributed by atoms with Gasteiger partial charge in [0.2, 0.25) is 0 Å². The van der Waals surface area contributed by atoms with Gasteiger partial charge in [-0.25, -0.2) is 4.98 Å². The van der Waals surface area contributed by atoms with Gasteiger partial charge in [-0.15, -0.1) is 0 Å². The van der Waals surface area contributed by atoms with Crippen molar-refractivity contribution in [3.05, 3.63) is 54.2 Å². The van der Waals surface area contributed by atoms with E-state index in [1.54, 1.807) is 7.11 Å². The maximum absolute atomic E-state index is 5.28. The molecule has 1 fully saturated rings. The zero-order chi connectivity index (χ0) is 16.3. The molecule has 0 aromatic carbocycles. The van der Waals surface area contributed by atoms with Crippen molar-refractivity contribution in [2.75, 3.05) is 7.11 Å². The van der Waals surface area contributed by atoms with Gasteiger partial charge < -0.3 is 9.14 Å². The van der Waals surface area contributed by atoms with Gasteiger partial charge in [-0.2, -0.15) is 5.10 Å². The molecule has 0 N–H and O–H groups in total. The lowest BCUT2D eigenvalue weighted by Crippen LogP contribution is -1.97. The number of pyridine rings is 2. The number of rotatable bonds is 3. The van der Waals surface area contributed by atoms with Gasteiger partial charge in [0.15, 0.2) is 0 Å². The molecule has 0 bridgehead atoms. The van der Waals surface area contributed by atoms with E-state index in [9.17, 15) is 0 Å². The number of aromatic nitrogens is 5. The third kappa shape index (κ3) is 1.92. The van der Waals surface area contributed by atoms with Gasteiger partial charge in [0.1, 0.15) is 22.4 Å². The van der Waals surface area contributed by atoms with Gasteiger partial charge in [0.05, 0.1) is 18.5 Å². The Hall–Kier alpha value is -2.89. The molecule has 2 unspecified atom stereocenters. The molecule has 1 aliphatic rings. The minimum absolute atomic E-state index is 0.427. The van der Waals surface area contributed by atoms with Crippen molar-refractivity contribution in [1.29, 1.82) is 0 Å². The van der Waals surface area contributed by atoms with Crippen LogP contribution in [0.2, 0.25) is 0 Å². The topological polar surface area (TPSA) is 57.2 Å². The van der Waals surface area contributed by atoms with Gasteiger partial charge in [0, 0.05) is 43.5 Å². The molecule has 5 rings (SSSR count). The predicted octanol–water partition coefficient (Wildman–Crippen LogP) is 2.90. The van der Waals surface area contributed by atoms with Crippen molar-refractivity contribution in [2.45, 2.75) is 18.3 Å². The second-order valence-corrected chi connectivity index (χ2v) is 6.33. The number of imidazole rings is 1. The summed E-state index contributed by atoms with van der Waals surface area (Å²) in [5.74, 6) is 1.69. The number of aryl methyl sites for hydroxylation is 1. The molecule has 1 saturated carbocycles. The van der Waals surface area contributed by atoms with Crippen LogP contribution in [0.1, 0.15) is 29.6 Å². The van der Waals surface area contributed by atoms with Crippen LogP contribution in [0.25, 0.3) is 16.7 Å². The Kier molecular flexibility index (Phi) is 2.71. The summed E-state index contributed by atoms with van der Waals surface area (Å²) in [6.45, 7) is 0. The summed E-state index contributed by atoms with van der Waals surface area (Å²) in [6.07, 6.45) is 7.03. The van der Waals surface area contributed by atoms with Crippen molar-refractivity contribution < 1.29 is 4.74 Å². The molecule has 0 spiro atoms. The Morgan fingerprint density at radius 2 is 2.17 bits per heavy atom. The molecule has 6 nitrogen and oxygen atoms in total. The van der Waals surface area contributed by atoms with Gasteiger partial charge in [-0.05, 0) is 24.6 Å². The average molecular weight is 319 g/mol. The van der Waals surface area contributed by atoms with Crippen molar-refractivity contribution in [3.63, 3.8) is 0 Å². The first-order valence-corrected chi connectivity index (χ1v) is 8.05. The summed E-state index contributed by atoms with van der Waals surface area (Å²) < 4.78 is 9.30. The summed E-state index contributed by atoms with van der Waals surface area (Å²) >= 11 is 0. The molecule has 6 heteroatoms. The SMILES string of the molecule is COc1ccn2cc(C3CC3c3c4ncccc4nn3C)nc2c1. The maximum Gasteiger partial charge on any atom is 0.140 e. The Bertz CT molecular complexity index is 1060. The van der Waals surface area contributed by atoms with E-state index in [4.69, 9.17) is 9.72 Å². The van der Waals surface area contributed by atoms with Crippen molar-refractivity contribution in [2.24, 2.45) is 7.05 Å². The molecule has 4 aromatic heterocycles. The fourth-order valence-corrected chi connectivity index (χ4v) is 3.57. The smallest absolute Gasteiger partial charge is 0.140 e. The van der Waals surface area contributed by atoms with Crippen LogP contribution in [-0.2, 0) is 7.05 Å². The van der Waals surface area contributed by atoms with Crippen molar-refractivity contribution in [1.82, 2.24) is 24.1 Å². The highest BCUT2D eigenvalue weighted by Gasteiger charge is 2.44. The minimum atomic E-state index is 0.427. The first-order valence-electron chi connectivity index (χ1n) is 8.05. The van der Waals surface area contributed by atoms with Crippen LogP contribution in [0, 0.1) is 0 Å². The van der Waals surface area contributed by atoms with E-state index in [2.05, 4.69) is 16.3 Å². The van der Waals surface area contributed by atoms with Gasteiger partial charge in [-0.1, -0.05) is 0 Å². The highest BCUT2D eigenvalue weighted by atomic mass is 16.5. The quantitative estimate of drug-likeness (QED) is 0.582. The highest BCUT2D eigenvalue weighted by Crippen LogP contribution is 2.55. The van der Waals surface area contributed by atoms with E-state index in [1.165, 1.54) is 5.69 Å². The second kappa shape index (κ2) is 4.80. The lowest BCUT2D eigenvalue weighted by molar-refractivity contribution is 0.414. The number of ether oxygens (including phenoxy) is 1. The standard InChI is InChI=1S/C18H17N5O/c1-22-18(17-14(21-22)4-3-6-19-17)13-9-12(13)15-10-23-7-5-11(24-2)8-16(23)20-15/h3-8,10,12-13H,9H2,1-2H3. The lowest BCUT2D eigenvalue weighted by Gasteiger charge is -2.00. The molecule has 24 heavy (non-hydrogen) atoms. The maximum atomic E-state index is 5.28. The summed E-state index contributed by atoms with van der Waals surface area (Å²) in [7, 11) is 3.67. The van der Waals surface area contributed by atoms with E-state index >= 15 is 0 Å². The number of hydrogen-bond acceptors (Lipinski definition) is 4. The van der Waals surface area contributed by atoms with Crippen LogP contribution < -0.4 is 4.74 Å². The molecule has 0 radical (unpaired) electrons. The fourth-order valence-electron chi connectivity index (χ4n) is 3.57. The highest BCUT2D eigenvalue weighted by molar-refractivity contribution is 5.78. The van der Waals surface area contributed by atoms with Gasteiger partial charge in [0.25, 0.3) is 0 Å². The minimum Gasteiger partial charge on any atom is -0.497 e. The first-order chi connectivity index (χ1) is 11.7. The average Bonchev–Trinajstić information content (AvgIpc) is 3.13. The molecular weight excluding hydrogens is 302 g/mol. The molecule has 4 aromatic rings. The summed E-state index contributed by atoms with van der Waals surface area (Å²) in [5.41, 5.74) is 5.23. The molecule has 4 heterocycles. The summed E-state index contributed by atoms with van der Waals surface area (Å²) in [4.78, 5) is 9.32. The van der Waals surface area contributed by atoms with E-state index < -0.39 is 0 Å². The van der Waals surface area contributed by atoms with Crippen LogP contribution in [0.3, 0.4) is 0 Å². The van der Waals surface area contributed by atoms with Crippen LogP contribution >= 0.6 is 0 Å². The molecule has 1 aliphatic carbocycles. The number of fused-ring (bicyclic) bond motifs is 2. The molecule has 0 aliphatic heterocycles. The van der Waals surface area contributed by atoms with Crippen LogP contribution in [-0.4, -0.2) is 31.3 Å². The van der Waals surface area contributed by atoms with E-state index in [0.29, 0.717) is 11.8 Å². The fraction of sp³-hybridized carbons (Fsp3) is 0.278. The number of hydrogen-bond donors (Lipinski definition) is 0. The molecule has 120 valence electrons. The van der Waals surface area contributed by atoms with Crippen molar-refractivity contribution in [3.8, 4) is 5.75 Å². The van der Waals surface area contributed by atoms with Crippen LogP contribution in [0.5, 0.6) is 5.75 Å². The second-order valence-electron chi connectivity index (χ2n) is 6.33. The molecule has 2 atom stereocenters. The zero-order valence-electron chi connectivity index (χ0n) is 13.5. The Labute approximate surface area is 138 Å². The van der Waals surface area contributed by atoms with Crippen LogP contribution in [0.15, 0.2) is 42.9 Å². The number of methoxy groups -OCH3 is 1. The summed E-state index contributed by atoms with van der Waals surface area (Å²) in [6, 6.07) is 7.85. The summed E-state index contributed by atoms with van der Waals surface area (Å²) in [5, 5.41) is 4.58. The monoisotopic (exact) mass is 319 g/mol. The van der Waals surface area contributed by atoms with Crippen molar-refractivity contribution >= 4 is 16.7 Å². The molecule has 0 saturated heterocycles. The van der Waals surface area contributed by atoms with Crippen LogP contribution in [0.4, 0.5) is 0 Å². The largest absolute Gasteiger partial charge is 0.497 e. The third-order valence-corrected chi connectivity index (χ3v) is 4.84. The van der Waals surface area contributed by atoms with E-state index in [1.807, 2.05) is 52.8 Å². The van der Waals surface area contributed by atoms with E-state index in [0.717, 1.165) is 34.5 Å². The lowest BCUT2D eigenvalue weighted by atomic mass is 10.2. The van der Waals surface area contributed by atoms with E-state index in [-0.39, 0.29) is 0 Å². The predicted molar refractivity (Wildman–Crippen MR) is 90.4 cm³/mol. The number of nitrogens with zero attached hydrogens (tertiary/aromatic N) is 5. The Balaban J connectivity index is 1.53. The first kappa shape index (κ1) is 13.5. The Morgan fingerprint density at radius 3 is 3.04 bits per heavy atom. The molecular formula is C18H17N5O. The third-order valence-electron chi connectivity index (χ3n) is 4.84. The normalized spacial score (nSPS) is 19.9. The van der Waals surface area contributed by atoms with Gasteiger partial charge >= 0.3 is 0 Å². The molecule has 0 amide bonds. The Morgan fingerprint density at radius 1 is 1.25 bits per heavy atom. The zero-order valence-corrected chi connectivity index (χ0v) is 13.5.